The van der Waals surface area contributed by atoms with Crippen LogP contribution in [-0.4, -0.2) is 10.9 Å². The molecule has 0 saturated carbocycles. The molecule has 68 valence electrons. The standard InChI is InChI=1S/C11H12O2/c1-7(12)10-5-8-3-2-4-9(8)6-11(10)13/h5-6,13H,2-4H2,1H3. The lowest BCUT2D eigenvalue weighted by Crippen LogP contribution is -1.95. The maximum atomic E-state index is 11.1. The van der Waals surface area contributed by atoms with E-state index in [0.29, 0.717) is 5.56 Å². The lowest BCUT2D eigenvalue weighted by molar-refractivity contribution is 0.101. The summed E-state index contributed by atoms with van der Waals surface area (Å²) in [6, 6.07) is 3.57. The second-order valence-electron chi connectivity index (χ2n) is 3.55. The molecule has 2 rings (SSSR count). The fourth-order valence-corrected chi connectivity index (χ4v) is 1.89. The van der Waals surface area contributed by atoms with Crippen LogP contribution in [0, 0.1) is 0 Å². The molecule has 0 fully saturated rings. The van der Waals surface area contributed by atoms with Gasteiger partial charge in [-0.15, -0.1) is 0 Å². The topological polar surface area (TPSA) is 37.3 Å². The first-order chi connectivity index (χ1) is 6.18. The first kappa shape index (κ1) is 8.30. The third kappa shape index (κ3) is 1.32. The molecule has 0 spiro atoms. The smallest absolute Gasteiger partial charge is 0.163 e. The molecule has 2 nitrogen and oxygen atoms in total. The van der Waals surface area contributed by atoms with Gasteiger partial charge in [0.15, 0.2) is 5.78 Å². The Hall–Kier alpha value is -1.31. The van der Waals surface area contributed by atoms with Crippen LogP contribution in [0.15, 0.2) is 12.1 Å². The van der Waals surface area contributed by atoms with Gasteiger partial charge in [-0.05, 0) is 49.4 Å². The minimum absolute atomic E-state index is 0.0628. The number of phenolic OH excluding ortho intramolecular Hbond substituents is 1. The number of phenols is 1. The number of aromatic hydroxyl groups is 1. The molecular formula is C11H12O2. The van der Waals surface area contributed by atoms with E-state index in [-0.39, 0.29) is 11.5 Å². The van der Waals surface area contributed by atoms with Crippen LogP contribution in [0.25, 0.3) is 0 Å². The number of carbonyl (C=O) groups is 1. The molecule has 0 heterocycles. The molecule has 0 saturated heterocycles. The molecule has 0 unspecified atom stereocenters. The quantitative estimate of drug-likeness (QED) is 0.665. The predicted molar refractivity (Wildman–Crippen MR) is 50.1 cm³/mol. The molecule has 2 heteroatoms. The zero-order chi connectivity index (χ0) is 9.42. The highest BCUT2D eigenvalue weighted by molar-refractivity contribution is 5.97. The van der Waals surface area contributed by atoms with E-state index >= 15 is 0 Å². The summed E-state index contributed by atoms with van der Waals surface area (Å²) < 4.78 is 0. The molecule has 13 heavy (non-hydrogen) atoms. The van der Waals surface area contributed by atoms with E-state index in [1.807, 2.05) is 6.07 Å². The minimum Gasteiger partial charge on any atom is -0.507 e. The Balaban J connectivity index is 2.55. The Kier molecular flexibility index (Phi) is 1.83. The van der Waals surface area contributed by atoms with Crippen molar-refractivity contribution in [3.05, 3.63) is 28.8 Å². The number of rotatable bonds is 1. The fraction of sp³-hybridized carbons (Fsp3) is 0.364. The van der Waals surface area contributed by atoms with Crippen molar-refractivity contribution >= 4 is 5.78 Å². The van der Waals surface area contributed by atoms with Crippen molar-refractivity contribution in [2.24, 2.45) is 0 Å². The van der Waals surface area contributed by atoms with E-state index in [1.54, 1.807) is 6.07 Å². The van der Waals surface area contributed by atoms with E-state index < -0.39 is 0 Å². The highest BCUT2D eigenvalue weighted by Crippen LogP contribution is 2.29. The third-order valence-corrected chi connectivity index (χ3v) is 2.59. The van der Waals surface area contributed by atoms with Crippen molar-refractivity contribution in [2.45, 2.75) is 26.2 Å². The van der Waals surface area contributed by atoms with Crippen LogP contribution in [0.1, 0.15) is 34.8 Å². The molecule has 1 aromatic rings. The monoisotopic (exact) mass is 176 g/mol. The summed E-state index contributed by atoms with van der Waals surface area (Å²) in [6.07, 6.45) is 3.20. The van der Waals surface area contributed by atoms with Crippen LogP contribution in [0.3, 0.4) is 0 Å². The molecule has 0 atom stereocenters. The molecule has 1 aliphatic rings. The average Bonchev–Trinajstić information content (AvgIpc) is 2.48. The predicted octanol–water partition coefficient (Wildman–Crippen LogP) is 2.08. The Morgan fingerprint density at radius 2 is 1.92 bits per heavy atom. The van der Waals surface area contributed by atoms with Gasteiger partial charge in [-0.3, -0.25) is 4.79 Å². The maximum Gasteiger partial charge on any atom is 0.163 e. The van der Waals surface area contributed by atoms with Crippen molar-refractivity contribution in [1.82, 2.24) is 0 Å². The van der Waals surface area contributed by atoms with E-state index in [2.05, 4.69) is 0 Å². The SMILES string of the molecule is CC(=O)c1cc2c(cc1O)CCC2. The third-order valence-electron chi connectivity index (χ3n) is 2.59. The van der Waals surface area contributed by atoms with Crippen LogP contribution in [-0.2, 0) is 12.8 Å². The molecule has 0 bridgehead atoms. The van der Waals surface area contributed by atoms with Gasteiger partial charge in [-0.2, -0.15) is 0 Å². The second-order valence-corrected chi connectivity index (χ2v) is 3.55. The van der Waals surface area contributed by atoms with E-state index in [4.69, 9.17) is 0 Å². The summed E-state index contributed by atoms with van der Waals surface area (Å²) in [5, 5.41) is 9.52. The Morgan fingerprint density at radius 3 is 2.54 bits per heavy atom. The summed E-state index contributed by atoms with van der Waals surface area (Å²) in [5.41, 5.74) is 2.88. The number of aryl methyl sites for hydroxylation is 2. The molecular weight excluding hydrogens is 164 g/mol. The number of hydrogen-bond donors (Lipinski definition) is 1. The number of hydrogen-bond acceptors (Lipinski definition) is 2. The zero-order valence-electron chi connectivity index (χ0n) is 7.63. The van der Waals surface area contributed by atoms with Gasteiger partial charge < -0.3 is 5.11 Å². The minimum atomic E-state index is -0.0628. The Morgan fingerprint density at radius 1 is 1.31 bits per heavy atom. The molecule has 0 radical (unpaired) electrons. The first-order valence-corrected chi connectivity index (χ1v) is 4.54. The largest absolute Gasteiger partial charge is 0.507 e. The van der Waals surface area contributed by atoms with Gasteiger partial charge in [0, 0.05) is 0 Å². The van der Waals surface area contributed by atoms with E-state index in [1.165, 1.54) is 18.1 Å². The van der Waals surface area contributed by atoms with Gasteiger partial charge >= 0.3 is 0 Å². The van der Waals surface area contributed by atoms with Crippen LogP contribution in [0.5, 0.6) is 5.75 Å². The van der Waals surface area contributed by atoms with Gasteiger partial charge in [0.2, 0.25) is 0 Å². The molecule has 0 aliphatic heterocycles. The molecule has 0 amide bonds. The normalized spacial score (nSPS) is 14.2. The number of ketones is 1. The number of benzene rings is 1. The molecule has 1 aromatic carbocycles. The van der Waals surface area contributed by atoms with Crippen LogP contribution in [0.4, 0.5) is 0 Å². The van der Waals surface area contributed by atoms with Crippen molar-refractivity contribution < 1.29 is 9.90 Å². The summed E-state index contributed by atoms with van der Waals surface area (Å²) in [5.74, 6) is 0.0698. The average molecular weight is 176 g/mol. The number of carbonyl (C=O) groups excluding carboxylic acids is 1. The maximum absolute atomic E-state index is 11.1. The van der Waals surface area contributed by atoms with Gasteiger partial charge in [0.1, 0.15) is 5.75 Å². The van der Waals surface area contributed by atoms with E-state index in [9.17, 15) is 9.90 Å². The van der Waals surface area contributed by atoms with Crippen molar-refractivity contribution in [1.29, 1.82) is 0 Å². The summed E-state index contributed by atoms with van der Waals surface area (Å²) in [6.45, 7) is 1.48. The highest BCUT2D eigenvalue weighted by atomic mass is 16.3. The summed E-state index contributed by atoms with van der Waals surface area (Å²) >= 11 is 0. The zero-order valence-corrected chi connectivity index (χ0v) is 7.63. The highest BCUT2D eigenvalue weighted by Gasteiger charge is 2.15. The summed E-state index contributed by atoms with van der Waals surface area (Å²) in [7, 11) is 0. The fourth-order valence-electron chi connectivity index (χ4n) is 1.89. The van der Waals surface area contributed by atoms with Gasteiger partial charge in [-0.25, -0.2) is 0 Å². The van der Waals surface area contributed by atoms with Crippen molar-refractivity contribution in [3.8, 4) is 5.75 Å². The molecule has 0 aromatic heterocycles. The number of Topliss-reactive ketones (excluding diaryl/α,β-unsaturated/α-hetero) is 1. The van der Waals surface area contributed by atoms with Crippen molar-refractivity contribution in [2.75, 3.05) is 0 Å². The summed E-state index contributed by atoms with van der Waals surface area (Å²) in [4.78, 5) is 11.1. The molecule has 1 N–H and O–H groups in total. The van der Waals surface area contributed by atoms with Crippen molar-refractivity contribution in [3.63, 3.8) is 0 Å². The lowest BCUT2D eigenvalue weighted by atomic mass is 10.0. The van der Waals surface area contributed by atoms with Gasteiger partial charge in [-0.1, -0.05) is 0 Å². The Labute approximate surface area is 77.2 Å². The first-order valence-electron chi connectivity index (χ1n) is 4.54. The van der Waals surface area contributed by atoms with Crippen LogP contribution >= 0.6 is 0 Å². The van der Waals surface area contributed by atoms with Gasteiger partial charge in [0.25, 0.3) is 0 Å². The van der Waals surface area contributed by atoms with Crippen LogP contribution in [0.2, 0.25) is 0 Å². The van der Waals surface area contributed by atoms with Crippen LogP contribution < -0.4 is 0 Å². The van der Waals surface area contributed by atoms with Gasteiger partial charge in [0.05, 0.1) is 5.56 Å². The second kappa shape index (κ2) is 2.87. The Bertz CT molecular complexity index is 367. The lowest BCUT2D eigenvalue weighted by Gasteiger charge is -2.04. The number of fused-ring (bicyclic) bond motifs is 1. The molecule has 1 aliphatic carbocycles. The van der Waals surface area contributed by atoms with E-state index in [0.717, 1.165) is 19.3 Å².